The number of hydrogen-bond acceptors (Lipinski definition) is 5. The highest BCUT2D eigenvalue weighted by atomic mass is 35.5. The second-order valence-corrected chi connectivity index (χ2v) is 8.13. The second kappa shape index (κ2) is 8.50. The average Bonchev–Trinajstić information content (AvgIpc) is 3.15. The van der Waals surface area contributed by atoms with Gasteiger partial charge < -0.3 is 0 Å². The summed E-state index contributed by atoms with van der Waals surface area (Å²) in [7, 11) is 0. The maximum atomic E-state index is 6.13. The van der Waals surface area contributed by atoms with Crippen LogP contribution < -0.4 is 0 Å². The van der Waals surface area contributed by atoms with E-state index < -0.39 is 0 Å². The number of hydrogen-bond donors (Lipinski definition) is 0. The third-order valence-corrected chi connectivity index (χ3v) is 5.77. The third-order valence-electron chi connectivity index (χ3n) is 5.52. The van der Waals surface area contributed by atoms with E-state index in [9.17, 15) is 0 Å². The van der Waals surface area contributed by atoms with Crippen molar-refractivity contribution in [2.75, 3.05) is 32.7 Å². The molecule has 6 nitrogen and oxygen atoms in total. The minimum Gasteiger partial charge on any atom is -0.297 e. The van der Waals surface area contributed by atoms with Crippen molar-refractivity contribution < 1.29 is 0 Å². The van der Waals surface area contributed by atoms with E-state index in [1.54, 1.807) is 0 Å². The van der Waals surface area contributed by atoms with Gasteiger partial charge in [0.15, 0.2) is 5.82 Å². The highest BCUT2D eigenvalue weighted by molar-refractivity contribution is 6.30. The SMILES string of the molecule is C=CCN1CCN(C(c2ccc(Cl)cc2)c2nnnn2C(C)(C)CC)CC1. The largest absolute Gasteiger partial charge is 0.297 e. The van der Waals surface area contributed by atoms with Crippen molar-refractivity contribution in [3.8, 4) is 0 Å². The molecule has 1 saturated heterocycles. The van der Waals surface area contributed by atoms with Crippen LogP contribution in [0.25, 0.3) is 0 Å². The molecule has 1 atom stereocenters. The smallest absolute Gasteiger partial charge is 0.173 e. The van der Waals surface area contributed by atoms with Gasteiger partial charge in [-0.2, -0.15) is 0 Å². The number of benzene rings is 1. The van der Waals surface area contributed by atoms with E-state index in [0.29, 0.717) is 0 Å². The van der Waals surface area contributed by atoms with Crippen LogP contribution >= 0.6 is 11.6 Å². The summed E-state index contributed by atoms with van der Waals surface area (Å²) in [6.45, 7) is 15.2. The highest BCUT2D eigenvalue weighted by Gasteiger charge is 2.33. The molecule has 0 saturated carbocycles. The van der Waals surface area contributed by atoms with Gasteiger partial charge in [0.05, 0.1) is 11.6 Å². The molecule has 146 valence electrons. The Morgan fingerprint density at radius 3 is 2.44 bits per heavy atom. The molecule has 0 aliphatic carbocycles. The molecule has 1 aliphatic heterocycles. The first-order valence-corrected chi connectivity index (χ1v) is 9.95. The van der Waals surface area contributed by atoms with Crippen molar-refractivity contribution in [2.24, 2.45) is 0 Å². The van der Waals surface area contributed by atoms with Crippen LogP contribution in [0.3, 0.4) is 0 Å². The lowest BCUT2D eigenvalue weighted by molar-refractivity contribution is 0.109. The van der Waals surface area contributed by atoms with Gasteiger partial charge in [0.1, 0.15) is 0 Å². The predicted octanol–water partition coefficient (Wildman–Crippen LogP) is 3.36. The van der Waals surface area contributed by atoms with Crippen LogP contribution in [0.1, 0.15) is 44.6 Å². The molecular weight excluding hydrogens is 360 g/mol. The first-order valence-electron chi connectivity index (χ1n) is 9.58. The fourth-order valence-corrected chi connectivity index (χ4v) is 3.63. The normalized spacial score (nSPS) is 17.8. The van der Waals surface area contributed by atoms with Gasteiger partial charge >= 0.3 is 0 Å². The first kappa shape index (κ1) is 20.0. The summed E-state index contributed by atoms with van der Waals surface area (Å²) in [5.74, 6) is 0.890. The molecule has 0 spiro atoms. The Balaban J connectivity index is 1.96. The molecule has 0 radical (unpaired) electrons. The van der Waals surface area contributed by atoms with Crippen LogP contribution in [-0.4, -0.2) is 62.7 Å². The van der Waals surface area contributed by atoms with Crippen molar-refractivity contribution >= 4 is 11.6 Å². The fraction of sp³-hybridized carbons (Fsp3) is 0.550. The summed E-state index contributed by atoms with van der Waals surface area (Å²) in [6, 6.07) is 8.06. The standard InChI is InChI=1S/C20H29ClN6/c1-5-11-25-12-14-26(15-13-25)18(16-7-9-17(21)10-8-16)19-22-23-24-27(19)20(3,4)6-2/h5,7-10,18H,1,6,11-15H2,2-4H3. The Kier molecular flexibility index (Phi) is 6.29. The summed E-state index contributed by atoms with van der Waals surface area (Å²) < 4.78 is 1.99. The number of piperazine rings is 1. The molecule has 2 heterocycles. The summed E-state index contributed by atoms with van der Waals surface area (Å²) in [5.41, 5.74) is 1.02. The van der Waals surface area contributed by atoms with Crippen LogP contribution in [0.15, 0.2) is 36.9 Å². The van der Waals surface area contributed by atoms with Gasteiger partial charge in [-0.3, -0.25) is 9.80 Å². The van der Waals surface area contributed by atoms with Gasteiger partial charge in [-0.15, -0.1) is 11.7 Å². The summed E-state index contributed by atoms with van der Waals surface area (Å²) in [6.07, 6.45) is 2.92. The predicted molar refractivity (Wildman–Crippen MR) is 109 cm³/mol. The Labute approximate surface area is 166 Å². The van der Waals surface area contributed by atoms with Crippen molar-refractivity contribution in [3.63, 3.8) is 0 Å². The molecule has 7 heteroatoms. The van der Waals surface area contributed by atoms with Gasteiger partial charge in [-0.25, -0.2) is 4.68 Å². The fourth-order valence-electron chi connectivity index (χ4n) is 3.50. The lowest BCUT2D eigenvalue weighted by Crippen LogP contribution is -2.48. The summed E-state index contributed by atoms with van der Waals surface area (Å²) in [5, 5.41) is 13.6. The zero-order chi connectivity index (χ0) is 19.4. The van der Waals surface area contributed by atoms with Gasteiger partial charge in [0, 0.05) is 37.7 Å². The quantitative estimate of drug-likeness (QED) is 0.680. The molecule has 2 aromatic rings. The van der Waals surface area contributed by atoms with E-state index in [1.165, 1.54) is 5.56 Å². The van der Waals surface area contributed by atoms with Crippen molar-refractivity contribution in [3.05, 3.63) is 53.3 Å². The Hall–Kier alpha value is -1.76. The molecule has 1 fully saturated rings. The zero-order valence-electron chi connectivity index (χ0n) is 16.5. The highest BCUT2D eigenvalue weighted by Crippen LogP contribution is 2.32. The Morgan fingerprint density at radius 1 is 1.19 bits per heavy atom. The van der Waals surface area contributed by atoms with Gasteiger partial charge in [0.25, 0.3) is 0 Å². The van der Waals surface area contributed by atoms with Crippen LogP contribution in [0.2, 0.25) is 5.02 Å². The van der Waals surface area contributed by atoms with Crippen LogP contribution in [0.5, 0.6) is 0 Å². The number of halogens is 1. The topological polar surface area (TPSA) is 50.1 Å². The molecular formula is C20H29ClN6. The zero-order valence-corrected chi connectivity index (χ0v) is 17.2. The van der Waals surface area contributed by atoms with Crippen LogP contribution in [-0.2, 0) is 5.54 Å². The van der Waals surface area contributed by atoms with E-state index in [2.05, 4.69) is 64.8 Å². The van der Waals surface area contributed by atoms with Crippen molar-refractivity contribution in [2.45, 2.75) is 38.8 Å². The van der Waals surface area contributed by atoms with Crippen molar-refractivity contribution in [1.29, 1.82) is 0 Å². The molecule has 27 heavy (non-hydrogen) atoms. The van der Waals surface area contributed by atoms with Crippen LogP contribution in [0.4, 0.5) is 0 Å². The molecule has 3 rings (SSSR count). The number of aromatic nitrogens is 4. The molecule has 1 aliphatic rings. The van der Waals surface area contributed by atoms with E-state index in [0.717, 1.165) is 50.0 Å². The number of rotatable bonds is 7. The van der Waals surface area contributed by atoms with E-state index in [4.69, 9.17) is 11.6 Å². The molecule has 1 unspecified atom stereocenters. The molecule has 0 N–H and O–H groups in total. The minimum absolute atomic E-state index is 0.00831. The maximum Gasteiger partial charge on any atom is 0.173 e. The van der Waals surface area contributed by atoms with Gasteiger partial charge in [0.2, 0.25) is 0 Å². The molecule has 1 aromatic heterocycles. The second-order valence-electron chi connectivity index (χ2n) is 7.69. The summed E-state index contributed by atoms with van der Waals surface area (Å²) >= 11 is 6.13. The maximum absolute atomic E-state index is 6.13. The van der Waals surface area contributed by atoms with E-state index >= 15 is 0 Å². The average molecular weight is 389 g/mol. The lowest BCUT2D eigenvalue weighted by Gasteiger charge is -2.39. The molecule has 0 bridgehead atoms. The van der Waals surface area contributed by atoms with Crippen LogP contribution in [0, 0.1) is 0 Å². The summed E-state index contributed by atoms with van der Waals surface area (Å²) in [4.78, 5) is 4.89. The Morgan fingerprint density at radius 2 is 1.85 bits per heavy atom. The van der Waals surface area contributed by atoms with Gasteiger partial charge in [-0.05, 0) is 48.4 Å². The molecule has 0 amide bonds. The van der Waals surface area contributed by atoms with Gasteiger partial charge in [-0.1, -0.05) is 36.7 Å². The van der Waals surface area contributed by atoms with E-state index in [-0.39, 0.29) is 11.6 Å². The Bertz CT molecular complexity index is 746. The third kappa shape index (κ3) is 4.39. The first-order chi connectivity index (χ1) is 13.0. The van der Waals surface area contributed by atoms with Crippen molar-refractivity contribution in [1.82, 2.24) is 30.0 Å². The lowest BCUT2D eigenvalue weighted by atomic mass is 9.99. The van der Waals surface area contributed by atoms with E-state index in [1.807, 2.05) is 22.9 Å². The minimum atomic E-state index is -0.145. The number of nitrogens with zero attached hydrogens (tertiary/aromatic N) is 6. The molecule has 1 aromatic carbocycles. The number of tetrazole rings is 1. The monoisotopic (exact) mass is 388 g/mol.